The molecular weight excluding hydrogens is 487 g/mol. The van der Waals surface area contributed by atoms with Crippen molar-refractivity contribution in [2.75, 3.05) is 18.0 Å². The van der Waals surface area contributed by atoms with Crippen LogP contribution in [-0.4, -0.2) is 51.9 Å². The molecule has 188 valence electrons. The number of carbonyl (C=O) groups excluding carboxylic acids is 2. The number of aromatic nitrogens is 2. The topological polar surface area (TPSA) is 122 Å². The fraction of sp³-hybridized carbons (Fsp3) is 0.320. The van der Waals surface area contributed by atoms with Crippen molar-refractivity contribution in [3.8, 4) is 27.7 Å². The smallest absolute Gasteiger partial charge is 0.413 e. The summed E-state index contributed by atoms with van der Waals surface area (Å²) < 4.78 is 24.2. The van der Waals surface area contributed by atoms with Crippen molar-refractivity contribution >= 4 is 35.6 Å². The van der Waals surface area contributed by atoms with Crippen molar-refractivity contribution in [3.63, 3.8) is 0 Å². The summed E-state index contributed by atoms with van der Waals surface area (Å²) in [6.45, 7) is 5.29. The Morgan fingerprint density at radius 2 is 1.86 bits per heavy atom. The van der Waals surface area contributed by atoms with Gasteiger partial charge in [-0.15, -0.1) is 0 Å². The number of halogens is 1. The highest BCUT2D eigenvalue weighted by Crippen LogP contribution is 2.32. The number of hydrogen-bond acceptors (Lipinski definition) is 8. The molecule has 11 heteroatoms. The molecule has 36 heavy (non-hydrogen) atoms. The van der Waals surface area contributed by atoms with Crippen LogP contribution in [0.15, 0.2) is 36.4 Å². The molecule has 1 atom stereocenters. The monoisotopic (exact) mass is 512 g/mol. The van der Waals surface area contributed by atoms with E-state index in [-0.39, 0.29) is 5.56 Å². The zero-order chi connectivity index (χ0) is 25.8. The lowest BCUT2D eigenvalue weighted by Gasteiger charge is -2.18. The van der Waals surface area contributed by atoms with Crippen LogP contribution >= 0.6 is 11.5 Å². The van der Waals surface area contributed by atoms with Gasteiger partial charge in [0.15, 0.2) is 23.7 Å². The third kappa shape index (κ3) is 5.51. The molecule has 4 rings (SSSR count). The van der Waals surface area contributed by atoms with Crippen molar-refractivity contribution in [3.05, 3.63) is 47.8 Å². The van der Waals surface area contributed by atoms with Gasteiger partial charge < -0.3 is 20.1 Å². The first-order valence-corrected chi connectivity index (χ1v) is 12.2. The molecule has 1 unspecified atom stereocenters. The highest BCUT2D eigenvalue weighted by molar-refractivity contribution is 7.09. The van der Waals surface area contributed by atoms with Gasteiger partial charge in [0.1, 0.15) is 11.0 Å². The quantitative estimate of drug-likeness (QED) is 0.419. The summed E-state index contributed by atoms with van der Waals surface area (Å²) in [5.41, 5.74) is 2.03. The molecule has 1 fully saturated rings. The second-order valence-electron chi connectivity index (χ2n) is 8.75. The van der Waals surface area contributed by atoms with E-state index < -0.39 is 35.6 Å². The standard InChI is InChI=1S/C25H25FN4O5S/c1-14(2)20(24(32)33)27-25(34)35-21-17(13-31)11-16(12-19(21)26)23-28-22(29-36-23)15-5-7-18(8-6-15)30-9-3-4-10-30/h5-8,11-14,20H,3-4,9-10H2,1-2H3,(H,27,34)(H,32,33). The van der Waals surface area contributed by atoms with Gasteiger partial charge in [-0.25, -0.2) is 19.0 Å². The van der Waals surface area contributed by atoms with Crippen molar-refractivity contribution in [2.45, 2.75) is 32.7 Å². The van der Waals surface area contributed by atoms with E-state index in [9.17, 15) is 23.9 Å². The second-order valence-corrected chi connectivity index (χ2v) is 9.50. The number of nitrogens with one attached hydrogen (secondary N) is 1. The van der Waals surface area contributed by atoms with Gasteiger partial charge in [0.2, 0.25) is 0 Å². The number of carboxylic acid groups (broad SMARTS) is 1. The number of nitrogens with zero attached hydrogens (tertiary/aromatic N) is 3. The van der Waals surface area contributed by atoms with E-state index in [1.165, 1.54) is 18.9 Å². The fourth-order valence-electron chi connectivity index (χ4n) is 3.95. The van der Waals surface area contributed by atoms with Crippen LogP contribution in [0.25, 0.3) is 22.0 Å². The Kier molecular flexibility index (Phi) is 7.58. The van der Waals surface area contributed by atoms with E-state index >= 15 is 0 Å². The largest absolute Gasteiger partial charge is 0.480 e. The molecule has 1 aliphatic heterocycles. The molecule has 1 saturated heterocycles. The Labute approximate surface area is 211 Å². The molecule has 2 aromatic carbocycles. The number of carbonyl (C=O) groups is 3. The maximum atomic E-state index is 14.9. The van der Waals surface area contributed by atoms with Gasteiger partial charge in [0.05, 0.1) is 5.56 Å². The van der Waals surface area contributed by atoms with Crippen LogP contribution in [0.5, 0.6) is 5.75 Å². The molecule has 1 aromatic heterocycles. The predicted octanol–water partition coefficient (Wildman–Crippen LogP) is 4.62. The first kappa shape index (κ1) is 25.2. The minimum Gasteiger partial charge on any atom is -0.480 e. The third-order valence-corrected chi connectivity index (χ3v) is 6.63. The van der Waals surface area contributed by atoms with E-state index in [4.69, 9.17) is 4.74 Å². The Balaban J connectivity index is 1.53. The molecular formula is C25H25FN4O5S. The van der Waals surface area contributed by atoms with Crippen LogP contribution < -0.4 is 15.0 Å². The average molecular weight is 513 g/mol. The first-order chi connectivity index (χ1) is 17.3. The van der Waals surface area contributed by atoms with Crippen LogP contribution in [0.3, 0.4) is 0 Å². The molecule has 1 aliphatic rings. The summed E-state index contributed by atoms with van der Waals surface area (Å²) in [5, 5.41) is 11.8. The summed E-state index contributed by atoms with van der Waals surface area (Å²) in [4.78, 5) is 41.9. The lowest BCUT2D eigenvalue weighted by Crippen LogP contribution is -2.45. The molecule has 0 radical (unpaired) electrons. The maximum Gasteiger partial charge on any atom is 0.413 e. The van der Waals surface area contributed by atoms with Crippen LogP contribution in [0.2, 0.25) is 0 Å². The van der Waals surface area contributed by atoms with Gasteiger partial charge in [-0.3, -0.25) is 4.79 Å². The lowest BCUT2D eigenvalue weighted by atomic mass is 10.1. The molecule has 0 aliphatic carbocycles. The summed E-state index contributed by atoms with van der Waals surface area (Å²) >= 11 is 1.05. The van der Waals surface area contributed by atoms with Crippen molar-refractivity contribution in [2.24, 2.45) is 5.92 Å². The zero-order valence-electron chi connectivity index (χ0n) is 19.7. The number of carboxylic acids is 1. The zero-order valence-corrected chi connectivity index (χ0v) is 20.5. The number of anilines is 1. The van der Waals surface area contributed by atoms with Crippen LogP contribution in [-0.2, 0) is 4.79 Å². The van der Waals surface area contributed by atoms with E-state index in [2.05, 4.69) is 19.6 Å². The average Bonchev–Trinajstić information content (AvgIpc) is 3.56. The third-order valence-electron chi connectivity index (χ3n) is 5.87. The second kappa shape index (κ2) is 10.8. The molecule has 0 bridgehead atoms. The number of aliphatic carboxylic acids is 1. The number of amides is 1. The van der Waals surface area contributed by atoms with E-state index in [0.717, 1.165) is 41.9 Å². The van der Waals surface area contributed by atoms with E-state index in [0.29, 0.717) is 22.7 Å². The van der Waals surface area contributed by atoms with Crippen molar-refractivity contribution < 1.29 is 28.6 Å². The molecule has 9 nitrogen and oxygen atoms in total. The van der Waals surface area contributed by atoms with Gasteiger partial charge in [-0.05, 0) is 66.7 Å². The van der Waals surface area contributed by atoms with Gasteiger partial charge >= 0.3 is 12.1 Å². The molecule has 0 spiro atoms. The number of ether oxygens (including phenoxy) is 1. The minimum absolute atomic E-state index is 0.219. The lowest BCUT2D eigenvalue weighted by molar-refractivity contribution is -0.140. The number of rotatable bonds is 8. The van der Waals surface area contributed by atoms with Gasteiger partial charge in [-0.1, -0.05) is 13.8 Å². The van der Waals surface area contributed by atoms with E-state index in [1.54, 1.807) is 13.8 Å². The minimum atomic E-state index is -1.26. The van der Waals surface area contributed by atoms with Crippen LogP contribution in [0.1, 0.15) is 37.0 Å². The number of hydrogen-bond donors (Lipinski definition) is 2. The molecule has 0 saturated carbocycles. The molecule has 1 amide bonds. The van der Waals surface area contributed by atoms with E-state index in [1.807, 2.05) is 24.3 Å². The Morgan fingerprint density at radius 3 is 2.47 bits per heavy atom. The molecule has 3 aromatic rings. The highest BCUT2D eigenvalue weighted by atomic mass is 32.1. The summed E-state index contributed by atoms with van der Waals surface area (Å²) in [5.74, 6) is -2.78. The maximum absolute atomic E-state index is 14.9. The van der Waals surface area contributed by atoms with Gasteiger partial charge in [-0.2, -0.15) is 4.37 Å². The van der Waals surface area contributed by atoms with Crippen LogP contribution in [0, 0.1) is 11.7 Å². The normalized spacial score (nSPS) is 14.1. The summed E-state index contributed by atoms with van der Waals surface area (Å²) in [6.07, 6.45) is 1.55. The molecule has 2 N–H and O–H groups in total. The highest BCUT2D eigenvalue weighted by Gasteiger charge is 2.26. The summed E-state index contributed by atoms with van der Waals surface area (Å²) in [6, 6.07) is 9.13. The number of benzene rings is 2. The van der Waals surface area contributed by atoms with Gasteiger partial charge in [0.25, 0.3) is 0 Å². The fourth-order valence-corrected chi connectivity index (χ4v) is 4.62. The van der Waals surface area contributed by atoms with Crippen molar-refractivity contribution in [1.29, 1.82) is 0 Å². The van der Waals surface area contributed by atoms with Crippen molar-refractivity contribution in [1.82, 2.24) is 14.7 Å². The Morgan fingerprint density at radius 1 is 1.17 bits per heavy atom. The Hall–Kier alpha value is -3.86. The SMILES string of the molecule is CC(C)C(NC(=O)Oc1c(F)cc(-c2nc(-c3ccc(N4CCCC4)cc3)ns2)cc1C=O)C(=O)O. The Bertz CT molecular complexity index is 1270. The summed E-state index contributed by atoms with van der Waals surface area (Å²) in [7, 11) is 0. The van der Waals surface area contributed by atoms with Crippen LogP contribution in [0.4, 0.5) is 14.9 Å². The number of aldehydes is 1. The first-order valence-electron chi connectivity index (χ1n) is 11.5. The van der Waals surface area contributed by atoms with Gasteiger partial charge in [0, 0.05) is 29.9 Å². The predicted molar refractivity (Wildman–Crippen MR) is 133 cm³/mol. The molecule has 2 heterocycles.